The molecule has 0 fully saturated rings. The molecule has 0 saturated heterocycles. The van der Waals surface area contributed by atoms with Gasteiger partial charge in [0.1, 0.15) is 0 Å². The number of thioether (sulfide) groups is 1. The quantitative estimate of drug-likeness (QED) is 0.796. The highest BCUT2D eigenvalue weighted by atomic mass is 32.2. The molecule has 2 N–H and O–H groups in total. The van der Waals surface area contributed by atoms with Gasteiger partial charge in [-0.1, -0.05) is 24.3 Å². The van der Waals surface area contributed by atoms with Gasteiger partial charge in [0, 0.05) is 19.6 Å². The minimum absolute atomic E-state index is 0.0378. The topological polar surface area (TPSA) is 41.1 Å². The summed E-state index contributed by atoms with van der Waals surface area (Å²) in [4.78, 5) is 12.2. The summed E-state index contributed by atoms with van der Waals surface area (Å²) in [6.07, 6.45) is 3.12. The lowest BCUT2D eigenvalue weighted by molar-refractivity contribution is -0.122. The Bertz CT molecular complexity index is 409. The molecule has 0 saturated carbocycles. The van der Waals surface area contributed by atoms with E-state index in [9.17, 15) is 4.79 Å². The maximum absolute atomic E-state index is 12.2. The fourth-order valence-electron chi connectivity index (χ4n) is 2.28. The number of hydrogen-bond acceptors (Lipinski definition) is 3. The minimum Gasteiger partial charge on any atom is -0.356 e. The first-order chi connectivity index (χ1) is 8.83. The SMILES string of the molecule is CSCCCNC(=O)C1CNCc2ccccc21. The van der Waals surface area contributed by atoms with E-state index < -0.39 is 0 Å². The van der Waals surface area contributed by atoms with Crippen molar-refractivity contribution in [2.75, 3.05) is 25.1 Å². The predicted octanol–water partition coefficient (Wildman–Crippen LogP) is 1.74. The molecule has 3 nitrogen and oxygen atoms in total. The molecule has 1 amide bonds. The lowest BCUT2D eigenvalue weighted by Crippen LogP contribution is -2.39. The molecule has 1 heterocycles. The number of nitrogens with one attached hydrogen (secondary N) is 2. The molecule has 1 aliphatic heterocycles. The number of carbonyl (C=O) groups excluding carboxylic acids is 1. The first-order valence-electron chi connectivity index (χ1n) is 6.38. The van der Waals surface area contributed by atoms with Gasteiger partial charge in [-0.15, -0.1) is 0 Å². The van der Waals surface area contributed by atoms with E-state index in [0.29, 0.717) is 0 Å². The molecule has 98 valence electrons. The summed E-state index contributed by atoms with van der Waals surface area (Å²) in [5.74, 6) is 1.21. The molecule has 1 atom stereocenters. The smallest absolute Gasteiger partial charge is 0.228 e. The standard InChI is InChI=1S/C14H20N2OS/c1-18-8-4-7-16-14(17)13-10-15-9-11-5-2-3-6-12(11)13/h2-3,5-6,13,15H,4,7-10H2,1H3,(H,16,17). The van der Waals surface area contributed by atoms with Crippen molar-refractivity contribution in [3.8, 4) is 0 Å². The van der Waals surface area contributed by atoms with Gasteiger partial charge in [0.05, 0.1) is 5.92 Å². The Morgan fingerprint density at radius 2 is 2.33 bits per heavy atom. The molecule has 1 aliphatic rings. The molecule has 0 aliphatic carbocycles. The van der Waals surface area contributed by atoms with Crippen LogP contribution in [-0.2, 0) is 11.3 Å². The number of carbonyl (C=O) groups is 1. The molecule has 4 heteroatoms. The number of fused-ring (bicyclic) bond motifs is 1. The van der Waals surface area contributed by atoms with Gasteiger partial charge in [-0.3, -0.25) is 4.79 Å². The zero-order valence-corrected chi connectivity index (χ0v) is 11.6. The molecule has 0 spiro atoms. The first-order valence-corrected chi connectivity index (χ1v) is 7.77. The summed E-state index contributed by atoms with van der Waals surface area (Å²) in [5.41, 5.74) is 2.42. The second kappa shape index (κ2) is 6.81. The van der Waals surface area contributed by atoms with Crippen LogP contribution >= 0.6 is 11.8 Å². The summed E-state index contributed by atoms with van der Waals surface area (Å²) >= 11 is 1.81. The van der Waals surface area contributed by atoms with Gasteiger partial charge >= 0.3 is 0 Å². The van der Waals surface area contributed by atoms with Crippen LogP contribution in [0.4, 0.5) is 0 Å². The monoisotopic (exact) mass is 264 g/mol. The van der Waals surface area contributed by atoms with Gasteiger partial charge < -0.3 is 10.6 Å². The first kappa shape index (κ1) is 13.4. The van der Waals surface area contributed by atoms with Crippen LogP contribution in [0.15, 0.2) is 24.3 Å². The second-order valence-electron chi connectivity index (χ2n) is 4.52. The summed E-state index contributed by atoms with van der Waals surface area (Å²) < 4.78 is 0. The van der Waals surface area contributed by atoms with E-state index in [1.54, 1.807) is 0 Å². The van der Waals surface area contributed by atoms with Crippen LogP contribution in [0.3, 0.4) is 0 Å². The molecule has 0 bridgehead atoms. The molecule has 0 aromatic heterocycles. The van der Waals surface area contributed by atoms with Crippen molar-refractivity contribution >= 4 is 17.7 Å². The van der Waals surface area contributed by atoms with Crippen molar-refractivity contribution in [1.29, 1.82) is 0 Å². The van der Waals surface area contributed by atoms with Gasteiger partial charge in [0.15, 0.2) is 0 Å². The van der Waals surface area contributed by atoms with E-state index in [1.165, 1.54) is 11.1 Å². The van der Waals surface area contributed by atoms with Gasteiger partial charge in [-0.05, 0) is 29.6 Å². The molecule has 1 unspecified atom stereocenters. The van der Waals surface area contributed by atoms with Crippen molar-refractivity contribution < 1.29 is 4.79 Å². The van der Waals surface area contributed by atoms with E-state index in [0.717, 1.165) is 31.8 Å². The highest BCUT2D eigenvalue weighted by molar-refractivity contribution is 7.98. The van der Waals surface area contributed by atoms with Crippen LogP contribution in [0, 0.1) is 0 Å². The van der Waals surface area contributed by atoms with Crippen LogP contribution in [-0.4, -0.2) is 31.0 Å². The maximum Gasteiger partial charge on any atom is 0.228 e. The Labute approximate surface area is 113 Å². The third kappa shape index (κ3) is 3.27. The molecule has 18 heavy (non-hydrogen) atoms. The lowest BCUT2D eigenvalue weighted by atomic mass is 9.90. The molecule has 1 aromatic rings. The van der Waals surface area contributed by atoms with E-state index in [-0.39, 0.29) is 11.8 Å². The fourth-order valence-corrected chi connectivity index (χ4v) is 2.71. The van der Waals surface area contributed by atoms with Gasteiger partial charge in [-0.25, -0.2) is 0 Å². The Morgan fingerprint density at radius 3 is 3.17 bits per heavy atom. The van der Waals surface area contributed by atoms with Crippen molar-refractivity contribution in [2.45, 2.75) is 18.9 Å². The average Bonchev–Trinajstić information content (AvgIpc) is 2.43. The van der Waals surface area contributed by atoms with E-state index in [1.807, 2.05) is 23.9 Å². The average molecular weight is 264 g/mol. The number of rotatable bonds is 5. The van der Waals surface area contributed by atoms with Gasteiger partial charge in [0.2, 0.25) is 5.91 Å². The van der Waals surface area contributed by atoms with E-state index in [2.05, 4.69) is 29.0 Å². The van der Waals surface area contributed by atoms with E-state index in [4.69, 9.17) is 0 Å². The van der Waals surface area contributed by atoms with E-state index >= 15 is 0 Å². The van der Waals surface area contributed by atoms with Gasteiger partial charge in [0.25, 0.3) is 0 Å². The van der Waals surface area contributed by atoms with Crippen molar-refractivity contribution in [3.05, 3.63) is 35.4 Å². The van der Waals surface area contributed by atoms with Crippen LogP contribution in [0.2, 0.25) is 0 Å². The highest BCUT2D eigenvalue weighted by Crippen LogP contribution is 2.23. The summed E-state index contributed by atoms with van der Waals surface area (Å²) in [5, 5.41) is 6.34. The van der Waals surface area contributed by atoms with Crippen LogP contribution in [0.1, 0.15) is 23.5 Å². The van der Waals surface area contributed by atoms with Crippen LogP contribution in [0.5, 0.6) is 0 Å². The molecule has 0 radical (unpaired) electrons. The van der Waals surface area contributed by atoms with Crippen molar-refractivity contribution in [2.24, 2.45) is 0 Å². The van der Waals surface area contributed by atoms with Crippen LogP contribution < -0.4 is 10.6 Å². The zero-order chi connectivity index (χ0) is 12.8. The number of amides is 1. The second-order valence-corrected chi connectivity index (χ2v) is 5.51. The summed E-state index contributed by atoms with van der Waals surface area (Å²) in [6, 6.07) is 8.20. The molecular weight excluding hydrogens is 244 g/mol. The third-order valence-corrected chi connectivity index (χ3v) is 3.93. The molecule has 2 rings (SSSR count). The minimum atomic E-state index is -0.0378. The van der Waals surface area contributed by atoms with Crippen molar-refractivity contribution in [3.63, 3.8) is 0 Å². The predicted molar refractivity (Wildman–Crippen MR) is 76.9 cm³/mol. The Balaban J connectivity index is 1.95. The Morgan fingerprint density at radius 1 is 1.50 bits per heavy atom. The largest absolute Gasteiger partial charge is 0.356 e. The lowest BCUT2D eigenvalue weighted by Gasteiger charge is -2.25. The van der Waals surface area contributed by atoms with Gasteiger partial charge in [-0.2, -0.15) is 11.8 Å². The Hall–Kier alpha value is -1.00. The fraction of sp³-hybridized carbons (Fsp3) is 0.500. The number of hydrogen-bond donors (Lipinski definition) is 2. The van der Waals surface area contributed by atoms with Crippen molar-refractivity contribution in [1.82, 2.24) is 10.6 Å². The zero-order valence-electron chi connectivity index (χ0n) is 10.7. The van der Waals surface area contributed by atoms with Crippen LogP contribution in [0.25, 0.3) is 0 Å². The normalized spacial score (nSPS) is 18.2. The number of benzene rings is 1. The maximum atomic E-state index is 12.2. The Kier molecular flexibility index (Phi) is 5.08. The molecule has 1 aromatic carbocycles. The molecular formula is C14H20N2OS. The third-order valence-electron chi connectivity index (χ3n) is 3.24. The highest BCUT2D eigenvalue weighted by Gasteiger charge is 2.25. The summed E-state index contributed by atoms with van der Waals surface area (Å²) in [6.45, 7) is 2.39. The summed E-state index contributed by atoms with van der Waals surface area (Å²) in [7, 11) is 0.